The summed E-state index contributed by atoms with van der Waals surface area (Å²) < 4.78 is 8.64. The average molecular weight is 680 g/mol. The van der Waals surface area contributed by atoms with E-state index in [0.29, 0.717) is 0 Å². The van der Waals surface area contributed by atoms with Crippen LogP contribution >= 0.6 is 0 Å². The lowest BCUT2D eigenvalue weighted by molar-refractivity contribution is 0.191. The first-order valence-electron chi connectivity index (χ1n) is 19.5. The van der Waals surface area contributed by atoms with Gasteiger partial charge in [0.2, 0.25) is 0 Å². The number of para-hydroxylation sites is 2. The standard InChI is InChI=1S/C51H37NO/c1-4-12-43-38(8-1)41-28-32(18-22-44(41)51(43)35-25-30-24-34(27-35)45(51)26-30)33-19-23-47-42(29-33)39-9-2-5-13-46(39)52(47)36-20-16-31(17-21-36)37-11-7-15-49-50(37)40-10-3-6-14-48(40)53-49/h1-23,28-30,34-35,45H,24-27H2. The molecule has 2 heterocycles. The van der Waals surface area contributed by atoms with Crippen molar-refractivity contribution in [1.82, 2.24) is 4.57 Å². The van der Waals surface area contributed by atoms with Gasteiger partial charge < -0.3 is 8.98 Å². The Labute approximate surface area is 308 Å². The second-order valence-electron chi connectivity index (χ2n) is 16.5. The fourth-order valence-corrected chi connectivity index (χ4v) is 12.4. The Morgan fingerprint density at radius 3 is 2.13 bits per heavy atom. The van der Waals surface area contributed by atoms with Crippen LogP contribution in [0.5, 0.6) is 0 Å². The maximum atomic E-state index is 6.21. The lowest BCUT2D eigenvalue weighted by Gasteiger charge is -2.43. The second kappa shape index (κ2) is 10.2. The number of benzene rings is 7. The molecule has 5 unspecified atom stereocenters. The van der Waals surface area contributed by atoms with Gasteiger partial charge in [0.05, 0.1) is 11.0 Å². The molecule has 0 N–H and O–H groups in total. The van der Waals surface area contributed by atoms with Crippen molar-refractivity contribution >= 4 is 43.7 Å². The zero-order valence-corrected chi connectivity index (χ0v) is 29.4. The molecule has 2 nitrogen and oxygen atoms in total. The molecule has 53 heavy (non-hydrogen) atoms. The molecule has 0 radical (unpaired) electrons. The minimum Gasteiger partial charge on any atom is -0.456 e. The van der Waals surface area contributed by atoms with Crippen molar-refractivity contribution in [3.8, 4) is 39.1 Å². The van der Waals surface area contributed by atoms with Crippen LogP contribution in [0.4, 0.5) is 0 Å². The van der Waals surface area contributed by atoms with Crippen molar-refractivity contribution in [1.29, 1.82) is 0 Å². The number of fused-ring (bicyclic) bond motifs is 9. The third-order valence-corrected chi connectivity index (χ3v) is 14.2. The monoisotopic (exact) mass is 679 g/mol. The highest BCUT2D eigenvalue weighted by Crippen LogP contribution is 2.73. The van der Waals surface area contributed by atoms with Crippen LogP contribution in [0.25, 0.3) is 82.8 Å². The van der Waals surface area contributed by atoms with Gasteiger partial charge in [-0.15, -0.1) is 0 Å². The fraction of sp³-hybridized carbons (Fsp3) is 0.176. The number of furan rings is 1. The highest BCUT2D eigenvalue weighted by atomic mass is 16.3. The Balaban J connectivity index is 0.929. The molecule has 2 aromatic heterocycles. The molecule has 9 aromatic rings. The Kier molecular flexibility index (Phi) is 5.51. The number of hydrogen-bond acceptors (Lipinski definition) is 1. The van der Waals surface area contributed by atoms with E-state index in [-0.39, 0.29) is 5.41 Å². The van der Waals surface area contributed by atoms with Crippen molar-refractivity contribution in [2.24, 2.45) is 23.7 Å². The molecule has 5 aliphatic carbocycles. The number of aromatic nitrogens is 1. The lowest BCUT2D eigenvalue weighted by Crippen LogP contribution is -2.40. The molecule has 5 atom stereocenters. The molecule has 252 valence electrons. The molecule has 2 heteroatoms. The maximum absolute atomic E-state index is 6.21. The predicted molar refractivity (Wildman–Crippen MR) is 218 cm³/mol. The molecule has 4 bridgehead atoms. The third kappa shape index (κ3) is 3.64. The van der Waals surface area contributed by atoms with Crippen LogP contribution in [-0.2, 0) is 5.41 Å². The Morgan fingerprint density at radius 2 is 1.21 bits per heavy atom. The summed E-state index contributed by atoms with van der Waals surface area (Å²) in [6, 6.07) is 56.7. The average Bonchev–Trinajstić information content (AvgIpc) is 3.97. The number of hydrogen-bond donors (Lipinski definition) is 0. The largest absolute Gasteiger partial charge is 0.456 e. The highest BCUT2D eigenvalue weighted by molar-refractivity contribution is 6.13. The Bertz CT molecular complexity index is 2990. The van der Waals surface area contributed by atoms with E-state index in [1.807, 2.05) is 6.07 Å². The minimum atomic E-state index is 0.230. The number of nitrogens with zero attached hydrogens (tertiary/aromatic N) is 1. The van der Waals surface area contributed by atoms with Crippen LogP contribution in [0, 0.1) is 23.7 Å². The van der Waals surface area contributed by atoms with E-state index in [9.17, 15) is 0 Å². The normalized spacial score (nSPS) is 23.6. The van der Waals surface area contributed by atoms with Crippen LogP contribution in [0.1, 0.15) is 36.8 Å². The smallest absolute Gasteiger partial charge is 0.136 e. The van der Waals surface area contributed by atoms with Gasteiger partial charge in [0, 0.05) is 32.6 Å². The van der Waals surface area contributed by atoms with E-state index in [0.717, 1.165) is 45.9 Å². The Morgan fingerprint density at radius 1 is 0.491 bits per heavy atom. The summed E-state index contributed by atoms with van der Waals surface area (Å²) in [5.74, 6) is 3.50. The minimum absolute atomic E-state index is 0.230. The van der Waals surface area contributed by atoms with Gasteiger partial charge in [-0.25, -0.2) is 0 Å². The zero-order valence-electron chi connectivity index (χ0n) is 29.4. The molecular weight excluding hydrogens is 643 g/mol. The van der Waals surface area contributed by atoms with Crippen molar-refractivity contribution < 1.29 is 4.42 Å². The summed E-state index contributed by atoms with van der Waals surface area (Å²) in [4.78, 5) is 0. The third-order valence-electron chi connectivity index (χ3n) is 14.2. The Hall–Kier alpha value is -5.86. The topological polar surface area (TPSA) is 18.1 Å². The van der Waals surface area contributed by atoms with Crippen molar-refractivity contribution in [2.45, 2.75) is 31.1 Å². The van der Waals surface area contributed by atoms with E-state index < -0.39 is 0 Å². The summed E-state index contributed by atoms with van der Waals surface area (Å²) in [6.45, 7) is 0. The number of rotatable bonds is 3. The first-order valence-corrected chi connectivity index (χ1v) is 19.5. The molecule has 0 amide bonds. The molecule has 0 saturated heterocycles. The van der Waals surface area contributed by atoms with Crippen molar-refractivity contribution in [3.63, 3.8) is 0 Å². The highest BCUT2D eigenvalue weighted by Gasteiger charge is 2.65. The first kappa shape index (κ1) is 28.7. The summed E-state index contributed by atoms with van der Waals surface area (Å²) in [7, 11) is 0. The molecule has 4 fully saturated rings. The second-order valence-corrected chi connectivity index (χ2v) is 16.5. The van der Waals surface area contributed by atoms with E-state index in [1.54, 1.807) is 11.1 Å². The van der Waals surface area contributed by atoms with Gasteiger partial charge in [0.1, 0.15) is 11.2 Å². The summed E-state index contributed by atoms with van der Waals surface area (Å²) >= 11 is 0. The molecular formula is C51H37NO. The van der Waals surface area contributed by atoms with Gasteiger partial charge in [-0.2, -0.15) is 0 Å². The molecule has 5 aliphatic rings. The van der Waals surface area contributed by atoms with Crippen LogP contribution in [0.2, 0.25) is 0 Å². The summed E-state index contributed by atoms with van der Waals surface area (Å²) in [5, 5.41) is 4.91. The van der Waals surface area contributed by atoms with Gasteiger partial charge in [0.25, 0.3) is 0 Å². The molecule has 1 spiro atoms. The fourth-order valence-electron chi connectivity index (χ4n) is 12.4. The van der Waals surface area contributed by atoms with E-state index in [4.69, 9.17) is 4.42 Å². The summed E-state index contributed by atoms with van der Waals surface area (Å²) in [5.41, 5.74) is 16.9. The van der Waals surface area contributed by atoms with E-state index in [1.165, 1.54) is 86.3 Å². The zero-order chi connectivity index (χ0) is 34.4. The summed E-state index contributed by atoms with van der Waals surface area (Å²) in [6.07, 6.45) is 5.74. The van der Waals surface area contributed by atoms with Crippen molar-refractivity contribution in [2.75, 3.05) is 0 Å². The molecule has 7 aromatic carbocycles. The van der Waals surface area contributed by atoms with E-state index >= 15 is 0 Å². The quantitative estimate of drug-likeness (QED) is 0.182. The van der Waals surface area contributed by atoms with Gasteiger partial charge in [-0.3, -0.25) is 0 Å². The van der Waals surface area contributed by atoms with E-state index in [2.05, 4.69) is 150 Å². The van der Waals surface area contributed by atoms with Gasteiger partial charge in [-0.05, 0) is 142 Å². The molecule has 4 saturated carbocycles. The molecule has 14 rings (SSSR count). The van der Waals surface area contributed by atoms with Gasteiger partial charge in [0.15, 0.2) is 0 Å². The van der Waals surface area contributed by atoms with Crippen LogP contribution in [0.15, 0.2) is 156 Å². The SMILES string of the molecule is c1ccc2c(c1)-c1cc(-c3ccc4c(c3)c3ccccc3n4-c3ccc(-c4cccc5oc6ccccc6c45)cc3)ccc1C21C2CC3CC(C2)C1C3. The maximum Gasteiger partial charge on any atom is 0.136 e. The molecule has 0 aliphatic heterocycles. The van der Waals surface area contributed by atoms with Crippen molar-refractivity contribution in [3.05, 3.63) is 163 Å². The predicted octanol–water partition coefficient (Wildman–Crippen LogP) is 13.3. The lowest BCUT2D eigenvalue weighted by atomic mass is 9.59. The van der Waals surface area contributed by atoms with Crippen LogP contribution < -0.4 is 0 Å². The van der Waals surface area contributed by atoms with Crippen LogP contribution in [0.3, 0.4) is 0 Å². The van der Waals surface area contributed by atoms with Gasteiger partial charge >= 0.3 is 0 Å². The first-order chi connectivity index (χ1) is 26.2. The van der Waals surface area contributed by atoms with Gasteiger partial charge in [-0.1, -0.05) is 103 Å². The van der Waals surface area contributed by atoms with Crippen LogP contribution in [-0.4, -0.2) is 4.57 Å².